The van der Waals surface area contributed by atoms with Crippen LogP contribution >= 0.6 is 0 Å². The monoisotopic (exact) mass is 537 g/mol. The number of carbonyl (C=O) groups excluding carboxylic acids is 1. The van der Waals surface area contributed by atoms with Gasteiger partial charge in [-0.3, -0.25) is 0 Å². The molecule has 1 aromatic rings. The van der Waals surface area contributed by atoms with Crippen LogP contribution in [0.3, 0.4) is 0 Å². The summed E-state index contributed by atoms with van der Waals surface area (Å²) in [6.07, 6.45) is 16.2. The Kier molecular flexibility index (Phi) is 8.35. The maximum Gasteiger partial charge on any atom is 0.338 e. The van der Waals surface area contributed by atoms with Crippen LogP contribution in [0, 0.1) is 51.5 Å². The highest BCUT2D eigenvalue weighted by Gasteiger charge is 2.59. The fraction of sp³-hybridized carbons (Fsp3) is 0.735. The van der Waals surface area contributed by atoms with Gasteiger partial charge in [-0.1, -0.05) is 65.5 Å². The number of quaternary nitrogens is 1. The smallest absolute Gasteiger partial charge is 0.338 e. The van der Waals surface area contributed by atoms with Gasteiger partial charge in [0.05, 0.1) is 5.56 Å². The Balaban J connectivity index is 1.23. The van der Waals surface area contributed by atoms with Gasteiger partial charge < -0.3 is 9.94 Å². The van der Waals surface area contributed by atoms with Crippen LogP contribution in [0.1, 0.15) is 116 Å². The van der Waals surface area contributed by atoms with Crippen molar-refractivity contribution in [3.63, 3.8) is 0 Å². The van der Waals surface area contributed by atoms with Crippen molar-refractivity contribution in [2.75, 3.05) is 0 Å². The zero-order valence-electron chi connectivity index (χ0n) is 24.9. The van der Waals surface area contributed by atoms with Gasteiger partial charge in [-0.25, -0.2) is 10.0 Å². The highest BCUT2D eigenvalue weighted by Crippen LogP contribution is 2.67. The van der Waals surface area contributed by atoms with Crippen molar-refractivity contribution >= 4 is 11.7 Å². The van der Waals surface area contributed by atoms with E-state index in [0.29, 0.717) is 11.0 Å². The Morgan fingerprint density at radius 1 is 1.05 bits per heavy atom. The summed E-state index contributed by atoms with van der Waals surface area (Å²) >= 11 is 0. The number of hydrogen-bond donors (Lipinski definition) is 2. The lowest BCUT2D eigenvalue weighted by molar-refractivity contribution is -0.991. The molecule has 39 heavy (non-hydrogen) atoms. The molecule has 3 saturated carbocycles. The predicted octanol–water partition coefficient (Wildman–Crippen LogP) is 7.66. The molecule has 4 aliphatic rings. The summed E-state index contributed by atoms with van der Waals surface area (Å²) in [6, 6.07) is 6.06. The Labute approximate surface area is 235 Å². The molecular weight excluding hydrogens is 486 g/mol. The average Bonchev–Trinajstić information content (AvgIpc) is 3.26. The molecule has 0 saturated heterocycles. The van der Waals surface area contributed by atoms with Crippen molar-refractivity contribution in [3.05, 3.63) is 46.7 Å². The molecule has 9 atom stereocenters. The fourth-order valence-corrected chi connectivity index (χ4v) is 9.72. The number of ether oxygens (including phenoxy) is 1. The number of esters is 1. The molecule has 2 N–H and O–H groups in total. The molecule has 0 spiro atoms. The lowest BCUT2D eigenvalue weighted by atomic mass is 9.47. The Morgan fingerprint density at radius 2 is 1.79 bits per heavy atom. The zero-order valence-corrected chi connectivity index (χ0v) is 24.9. The summed E-state index contributed by atoms with van der Waals surface area (Å²) in [5.41, 5.74) is 2.86. The summed E-state index contributed by atoms with van der Waals surface area (Å²) in [5.74, 6) is 4.60. The number of nitrogens with one attached hydrogen (secondary N) is 1. The Morgan fingerprint density at radius 3 is 2.49 bits per heavy atom. The van der Waals surface area contributed by atoms with Crippen molar-refractivity contribution in [2.45, 2.75) is 111 Å². The van der Waals surface area contributed by atoms with E-state index in [1.54, 1.807) is 12.1 Å². The van der Waals surface area contributed by atoms with Gasteiger partial charge in [0.2, 0.25) is 0 Å². The largest absolute Gasteiger partial charge is 0.595 e. The van der Waals surface area contributed by atoms with E-state index >= 15 is 0 Å². The molecule has 0 aliphatic heterocycles. The molecule has 216 valence electrons. The van der Waals surface area contributed by atoms with E-state index in [1.165, 1.54) is 69.1 Å². The minimum Gasteiger partial charge on any atom is -0.595 e. The van der Waals surface area contributed by atoms with Crippen molar-refractivity contribution < 1.29 is 20.0 Å². The molecule has 0 aromatic heterocycles. The first-order chi connectivity index (χ1) is 18.5. The molecule has 9 unspecified atom stereocenters. The molecule has 5 heteroatoms. The van der Waals surface area contributed by atoms with Gasteiger partial charge in [0.25, 0.3) is 0 Å². The van der Waals surface area contributed by atoms with Crippen LogP contribution in [0.4, 0.5) is 5.69 Å². The lowest BCUT2D eigenvalue weighted by Gasteiger charge is -2.58. The molecule has 5 nitrogen and oxygen atoms in total. The highest BCUT2D eigenvalue weighted by atomic mass is 16.8. The van der Waals surface area contributed by atoms with Gasteiger partial charge >= 0.3 is 5.97 Å². The molecule has 4 aliphatic carbocycles. The van der Waals surface area contributed by atoms with Crippen LogP contribution in [0.25, 0.3) is 0 Å². The molecule has 3 fully saturated rings. The molecule has 1 aromatic carbocycles. The number of benzene rings is 1. The Hall–Kier alpha value is -1.69. The quantitative estimate of drug-likeness (QED) is 0.203. The molecule has 0 heterocycles. The van der Waals surface area contributed by atoms with Crippen LogP contribution in [0.15, 0.2) is 35.9 Å². The summed E-state index contributed by atoms with van der Waals surface area (Å²) in [5, 5.41) is 19.3. The topological polar surface area (TPSA) is 74.0 Å². The van der Waals surface area contributed by atoms with Crippen molar-refractivity contribution in [1.29, 1.82) is 0 Å². The van der Waals surface area contributed by atoms with E-state index in [1.807, 2.05) is 0 Å². The van der Waals surface area contributed by atoms with Crippen molar-refractivity contribution in [2.24, 2.45) is 46.3 Å². The summed E-state index contributed by atoms with van der Waals surface area (Å²) in [4.78, 5) is 12.8. The van der Waals surface area contributed by atoms with E-state index in [4.69, 9.17) is 9.94 Å². The lowest BCUT2D eigenvalue weighted by Crippen LogP contribution is -2.99. The number of fused-ring (bicyclic) bond motifs is 5. The van der Waals surface area contributed by atoms with Gasteiger partial charge in [-0.2, -0.15) is 5.23 Å². The molecule has 5 rings (SSSR count). The number of allylic oxidation sites excluding steroid dienone is 1. The zero-order chi connectivity index (χ0) is 27.9. The third-order valence-corrected chi connectivity index (χ3v) is 11.9. The predicted molar refractivity (Wildman–Crippen MR) is 154 cm³/mol. The first kappa shape index (κ1) is 28.8. The second kappa shape index (κ2) is 11.3. The van der Waals surface area contributed by atoms with Crippen molar-refractivity contribution in [3.8, 4) is 0 Å². The highest BCUT2D eigenvalue weighted by molar-refractivity contribution is 5.89. The second-order valence-electron chi connectivity index (χ2n) is 14.4. The van der Waals surface area contributed by atoms with Gasteiger partial charge in [0, 0.05) is 18.6 Å². The first-order valence-corrected chi connectivity index (χ1v) is 15.8. The van der Waals surface area contributed by atoms with Crippen LogP contribution in [0.5, 0.6) is 0 Å². The normalized spacial score (nSPS) is 37.3. The van der Waals surface area contributed by atoms with Crippen LogP contribution in [-0.2, 0) is 4.74 Å². The SMILES string of the molecule is CC(C)CCCC(C)C1CCC2C3CC=C4CC(OC(=O)c5ccc([NH+]([O-])O)cc5)CCC4(C)C3CCC12C. The van der Waals surface area contributed by atoms with E-state index in [0.717, 1.165) is 54.8 Å². The number of hydrogen-bond acceptors (Lipinski definition) is 4. The summed E-state index contributed by atoms with van der Waals surface area (Å²) < 4.78 is 5.95. The van der Waals surface area contributed by atoms with E-state index in [9.17, 15) is 10.0 Å². The maximum atomic E-state index is 12.8. The fourth-order valence-electron chi connectivity index (χ4n) is 9.72. The average molecular weight is 538 g/mol. The van der Waals surface area contributed by atoms with E-state index in [2.05, 4.69) is 40.7 Å². The molecule has 0 amide bonds. The van der Waals surface area contributed by atoms with Crippen LogP contribution in [-0.4, -0.2) is 17.3 Å². The summed E-state index contributed by atoms with van der Waals surface area (Å²) in [7, 11) is 0. The van der Waals surface area contributed by atoms with Gasteiger partial charge in [0.15, 0.2) is 5.69 Å². The van der Waals surface area contributed by atoms with Gasteiger partial charge in [-0.05, 0) is 103 Å². The van der Waals surface area contributed by atoms with Crippen molar-refractivity contribution in [1.82, 2.24) is 0 Å². The number of rotatable bonds is 8. The minimum absolute atomic E-state index is 0.0936. The van der Waals surface area contributed by atoms with Crippen LogP contribution < -0.4 is 5.23 Å². The Bertz CT molecular complexity index is 1050. The standard InChI is InChI=1S/C34H51NO4/c1-22(2)7-6-8-23(3)29-15-16-30-28-14-11-25-21-27(17-19-33(25,4)31(28)18-20-34(29,30)5)39-32(36)24-9-12-26(13-10-24)35(37)38/h9-13,22-23,27-31,35,37H,6-8,14-21H2,1-5H3. The second-order valence-corrected chi connectivity index (χ2v) is 14.4. The molecule has 0 bridgehead atoms. The summed E-state index contributed by atoms with van der Waals surface area (Å²) in [6.45, 7) is 12.4. The number of carbonyl (C=O) groups is 1. The third kappa shape index (κ3) is 5.48. The first-order valence-electron chi connectivity index (χ1n) is 15.8. The van der Waals surface area contributed by atoms with E-state index in [-0.39, 0.29) is 23.2 Å². The van der Waals surface area contributed by atoms with Gasteiger partial charge in [-0.15, -0.1) is 0 Å². The third-order valence-electron chi connectivity index (χ3n) is 11.9. The van der Waals surface area contributed by atoms with Crippen LogP contribution in [0.2, 0.25) is 0 Å². The molecule has 0 radical (unpaired) electrons. The van der Waals surface area contributed by atoms with E-state index < -0.39 is 5.23 Å². The van der Waals surface area contributed by atoms with Gasteiger partial charge in [0.1, 0.15) is 6.10 Å². The molecular formula is C34H51NO4. The minimum atomic E-state index is -0.990. The maximum absolute atomic E-state index is 12.8.